The van der Waals surface area contributed by atoms with Crippen LogP contribution in [0.3, 0.4) is 0 Å². The van der Waals surface area contributed by atoms with Crippen LogP contribution in [0, 0.1) is 0 Å². The molecule has 1 atom stereocenters. The minimum atomic E-state index is -3.88. The van der Waals surface area contributed by atoms with E-state index in [9.17, 15) is 16.8 Å². The first-order valence-electron chi connectivity index (χ1n) is 6.05. The molecule has 0 aliphatic carbocycles. The van der Waals surface area contributed by atoms with Crippen molar-refractivity contribution in [2.24, 2.45) is 0 Å². The van der Waals surface area contributed by atoms with E-state index in [-0.39, 0.29) is 22.8 Å². The minimum absolute atomic E-state index is 0.0119. The molecule has 1 aromatic rings. The van der Waals surface area contributed by atoms with Crippen LogP contribution in [0.15, 0.2) is 29.2 Å². The molecule has 0 N–H and O–H groups in total. The molecule has 2 rings (SSSR count). The Morgan fingerprint density at radius 3 is 2.37 bits per heavy atom. The molecule has 19 heavy (non-hydrogen) atoms. The van der Waals surface area contributed by atoms with E-state index in [0.717, 1.165) is 12.0 Å². The molecule has 1 aromatic carbocycles. The van der Waals surface area contributed by atoms with E-state index in [0.29, 0.717) is 0 Å². The number of hydrogen-bond donors (Lipinski definition) is 0. The van der Waals surface area contributed by atoms with Crippen molar-refractivity contribution in [1.82, 2.24) is 0 Å². The van der Waals surface area contributed by atoms with Gasteiger partial charge in [-0.05, 0) is 30.5 Å². The maximum absolute atomic E-state index is 12.0. The van der Waals surface area contributed by atoms with Gasteiger partial charge in [0.1, 0.15) is 0 Å². The van der Waals surface area contributed by atoms with Crippen molar-refractivity contribution in [2.75, 3.05) is 11.5 Å². The van der Waals surface area contributed by atoms with E-state index in [1.54, 1.807) is 12.1 Å². The van der Waals surface area contributed by atoms with Gasteiger partial charge in [-0.1, -0.05) is 19.1 Å². The van der Waals surface area contributed by atoms with Gasteiger partial charge in [0.2, 0.25) is 0 Å². The molecule has 106 valence electrons. The fraction of sp³-hybridized carbons (Fsp3) is 0.500. The second kappa shape index (κ2) is 5.22. The first-order chi connectivity index (χ1) is 8.82. The summed E-state index contributed by atoms with van der Waals surface area (Å²) in [4.78, 5) is 0.0639. The molecule has 0 unspecified atom stereocenters. The van der Waals surface area contributed by atoms with Gasteiger partial charge in [-0.2, -0.15) is 8.42 Å². The molecule has 0 saturated carbocycles. The highest BCUT2D eigenvalue weighted by molar-refractivity contribution is 7.91. The van der Waals surface area contributed by atoms with Gasteiger partial charge in [-0.3, -0.25) is 4.18 Å². The van der Waals surface area contributed by atoms with Crippen LogP contribution >= 0.6 is 0 Å². The lowest BCUT2D eigenvalue weighted by Crippen LogP contribution is -2.19. The van der Waals surface area contributed by atoms with Crippen molar-refractivity contribution >= 4 is 20.0 Å². The van der Waals surface area contributed by atoms with Gasteiger partial charge in [0, 0.05) is 0 Å². The smallest absolute Gasteiger partial charge is 0.262 e. The van der Waals surface area contributed by atoms with Crippen molar-refractivity contribution in [1.29, 1.82) is 0 Å². The van der Waals surface area contributed by atoms with Gasteiger partial charge in [-0.25, -0.2) is 8.42 Å². The highest BCUT2D eigenvalue weighted by atomic mass is 32.2. The third-order valence-electron chi connectivity index (χ3n) is 3.07. The normalized spacial score (nSPS) is 22.5. The summed E-state index contributed by atoms with van der Waals surface area (Å²) in [6.45, 7) is 1.98. The Labute approximate surface area is 113 Å². The van der Waals surface area contributed by atoms with Crippen LogP contribution in [-0.2, 0) is 30.6 Å². The number of benzene rings is 1. The Balaban J connectivity index is 2.14. The number of aryl methyl sites for hydroxylation is 1. The fourth-order valence-electron chi connectivity index (χ4n) is 1.96. The first kappa shape index (κ1) is 14.5. The Kier molecular flexibility index (Phi) is 3.98. The largest absolute Gasteiger partial charge is 0.297 e. The van der Waals surface area contributed by atoms with Crippen molar-refractivity contribution in [3.63, 3.8) is 0 Å². The summed E-state index contributed by atoms with van der Waals surface area (Å²) in [5.41, 5.74) is 1.03. The van der Waals surface area contributed by atoms with Crippen LogP contribution in [0.25, 0.3) is 0 Å². The van der Waals surface area contributed by atoms with E-state index < -0.39 is 26.1 Å². The lowest BCUT2D eigenvalue weighted by atomic mass is 10.2. The Bertz CT molecular complexity index is 644. The SMILES string of the molecule is CCc1ccc(S(=O)(=O)O[C@H]2CCS(=O)(=O)C2)cc1. The average molecular weight is 304 g/mol. The summed E-state index contributed by atoms with van der Waals surface area (Å²) in [7, 11) is -7.03. The molecule has 0 amide bonds. The second-order valence-corrected chi connectivity index (χ2v) is 8.37. The van der Waals surface area contributed by atoms with Crippen LogP contribution in [0.4, 0.5) is 0 Å². The molecule has 1 aliphatic heterocycles. The van der Waals surface area contributed by atoms with Crippen LogP contribution in [0.2, 0.25) is 0 Å². The van der Waals surface area contributed by atoms with Crippen LogP contribution in [0.1, 0.15) is 18.9 Å². The Morgan fingerprint density at radius 2 is 1.89 bits per heavy atom. The quantitative estimate of drug-likeness (QED) is 0.780. The maximum Gasteiger partial charge on any atom is 0.297 e. The van der Waals surface area contributed by atoms with E-state index in [1.165, 1.54) is 12.1 Å². The Morgan fingerprint density at radius 1 is 1.26 bits per heavy atom. The summed E-state index contributed by atoms with van der Waals surface area (Å²) < 4.78 is 51.5. The molecule has 1 saturated heterocycles. The molecule has 0 radical (unpaired) electrons. The molecular weight excluding hydrogens is 288 g/mol. The molecule has 1 heterocycles. The zero-order valence-corrected chi connectivity index (χ0v) is 12.2. The molecule has 0 aromatic heterocycles. The zero-order chi connectivity index (χ0) is 14.1. The van der Waals surface area contributed by atoms with Crippen molar-refractivity contribution in [3.05, 3.63) is 29.8 Å². The van der Waals surface area contributed by atoms with Gasteiger partial charge in [0.25, 0.3) is 10.1 Å². The van der Waals surface area contributed by atoms with E-state index >= 15 is 0 Å². The summed E-state index contributed by atoms with van der Waals surface area (Å²) in [6.07, 6.45) is 0.289. The summed E-state index contributed by atoms with van der Waals surface area (Å²) >= 11 is 0. The van der Waals surface area contributed by atoms with Crippen molar-refractivity contribution in [2.45, 2.75) is 30.8 Å². The molecule has 0 spiro atoms. The van der Waals surface area contributed by atoms with Crippen LogP contribution in [0.5, 0.6) is 0 Å². The monoisotopic (exact) mass is 304 g/mol. The average Bonchev–Trinajstić information content (AvgIpc) is 2.68. The molecule has 7 heteroatoms. The summed E-state index contributed by atoms with van der Waals surface area (Å²) in [5, 5.41) is 0. The second-order valence-electron chi connectivity index (χ2n) is 4.57. The lowest BCUT2D eigenvalue weighted by molar-refractivity contribution is 0.236. The highest BCUT2D eigenvalue weighted by Gasteiger charge is 2.32. The minimum Gasteiger partial charge on any atom is -0.262 e. The van der Waals surface area contributed by atoms with Gasteiger partial charge in [0.15, 0.2) is 9.84 Å². The first-order valence-corrected chi connectivity index (χ1v) is 9.28. The van der Waals surface area contributed by atoms with Crippen molar-refractivity contribution < 1.29 is 21.0 Å². The predicted octanol–water partition coefficient (Wildman–Crippen LogP) is 1.14. The van der Waals surface area contributed by atoms with Gasteiger partial charge < -0.3 is 0 Å². The highest BCUT2D eigenvalue weighted by Crippen LogP contribution is 2.21. The third kappa shape index (κ3) is 3.55. The van der Waals surface area contributed by atoms with Gasteiger partial charge in [0.05, 0.1) is 22.5 Å². The third-order valence-corrected chi connectivity index (χ3v) is 6.19. The number of rotatable bonds is 4. The molecule has 1 aliphatic rings. The van der Waals surface area contributed by atoms with Gasteiger partial charge in [-0.15, -0.1) is 0 Å². The van der Waals surface area contributed by atoms with E-state index in [2.05, 4.69) is 0 Å². The predicted molar refractivity (Wildman–Crippen MR) is 71.1 cm³/mol. The van der Waals surface area contributed by atoms with E-state index in [1.807, 2.05) is 6.92 Å². The topological polar surface area (TPSA) is 77.5 Å². The number of hydrogen-bond acceptors (Lipinski definition) is 5. The maximum atomic E-state index is 12.0. The standard InChI is InChI=1S/C12H16O5S2/c1-2-10-3-5-12(6-4-10)19(15,16)17-11-7-8-18(13,14)9-11/h3-6,11H,2,7-9H2,1H3/t11-/m0/s1. The summed E-state index contributed by atoms with van der Waals surface area (Å²) in [6, 6.07) is 6.42. The molecule has 1 fully saturated rings. The van der Waals surface area contributed by atoms with Crippen LogP contribution < -0.4 is 0 Å². The van der Waals surface area contributed by atoms with Crippen molar-refractivity contribution in [3.8, 4) is 0 Å². The van der Waals surface area contributed by atoms with Crippen LogP contribution in [-0.4, -0.2) is 34.4 Å². The fourth-order valence-corrected chi connectivity index (χ4v) is 4.74. The van der Waals surface area contributed by atoms with E-state index in [4.69, 9.17) is 4.18 Å². The molecule has 5 nitrogen and oxygen atoms in total. The zero-order valence-electron chi connectivity index (χ0n) is 10.6. The summed E-state index contributed by atoms with van der Waals surface area (Å²) in [5.74, 6) is -0.235. The molecular formula is C12H16O5S2. The lowest BCUT2D eigenvalue weighted by Gasteiger charge is -2.10. The molecule has 0 bridgehead atoms. The number of sulfone groups is 1. The van der Waals surface area contributed by atoms with Gasteiger partial charge >= 0.3 is 0 Å². The Hall–Kier alpha value is -0.920.